The van der Waals surface area contributed by atoms with Gasteiger partial charge in [0.05, 0.1) is 26.1 Å². The first-order valence-electron chi connectivity index (χ1n) is 8.84. The maximum atomic E-state index is 12.3. The van der Waals surface area contributed by atoms with Crippen LogP contribution in [-0.2, 0) is 6.42 Å². The molecule has 3 aromatic rings. The molecule has 0 bridgehead atoms. The number of rotatable bonds is 7. The Bertz CT molecular complexity index is 978. The van der Waals surface area contributed by atoms with Gasteiger partial charge >= 0.3 is 0 Å². The van der Waals surface area contributed by atoms with Crippen molar-refractivity contribution in [2.24, 2.45) is 5.10 Å². The Balaban J connectivity index is 1.71. The van der Waals surface area contributed by atoms with Crippen molar-refractivity contribution >= 4 is 12.1 Å². The second-order valence-corrected chi connectivity index (χ2v) is 6.03. The van der Waals surface area contributed by atoms with Crippen LogP contribution in [0.5, 0.6) is 11.5 Å². The van der Waals surface area contributed by atoms with Crippen LogP contribution in [0.3, 0.4) is 0 Å². The Morgan fingerprint density at radius 1 is 1.14 bits per heavy atom. The molecule has 0 aliphatic carbocycles. The molecule has 7 heteroatoms. The van der Waals surface area contributed by atoms with Crippen molar-refractivity contribution in [3.8, 4) is 22.8 Å². The first-order chi connectivity index (χ1) is 13.6. The molecule has 0 aliphatic heterocycles. The molecular weight excluding hydrogens is 356 g/mol. The summed E-state index contributed by atoms with van der Waals surface area (Å²) < 4.78 is 10.6. The monoisotopic (exact) mass is 378 g/mol. The first-order valence-corrected chi connectivity index (χ1v) is 8.84. The van der Waals surface area contributed by atoms with E-state index in [2.05, 4.69) is 27.6 Å². The van der Waals surface area contributed by atoms with Gasteiger partial charge in [0.2, 0.25) is 0 Å². The summed E-state index contributed by atoms with van der Waals surface area (Å²) in [5.41, 5.74) is 6.23. The number of aryl methyl sites for hydroxylation is 1. The van der Waals surface area contributed by atoms with Crippen molar-refractivity contribution < 1.29 is 14.3 Å². The van der Waals surface area contributed by atoms with Gasteiger partial charge in [-0.25, -0.2) is 5.43 Å². The third kappa shape index (κ3) is 4.37. The molecule has 0 unspecified atom stereocenters. The van der Waals surface area contributed by atoms with Crippen molar-refractivity contribution in [2.75, 3.05) is 14.2 Å². The molecule has 3 rings (SSSR count). The summed E-state index contributed by atoms with van der Waals surface area (Å²) in [6.07, 6.45) is 2.58. The molecular formula is C21H22N4O3. The van der Waals surface area contributed by atoms with Crippen molar-refractivity contribution in [3.05, 3.63) is 65.4 Å². The summed E-state index contributed by atoms with van der Waals surface area (Å²) in [6.45, 7) is 2.10. The van der Waals surface area contributed by atoms with E-state index in [0.717, 1.165) is 17.5 Å². The number of hydrogen-bond acceptors (Lipinski definition) is 5. The summed E-state index contributed by atoms with van der Waals surface area (Å²) in [4.78, 5) is 12.3. The van der Waals surface area contributed by atoms with Gasteiger partial charge in [0.1, 0.15) is 17.2 Å². The number of nitrogens with one attached hydrogen (secondary N) is 2. The maximum Gasteiger partial charge on any atom is 0.289 e. The first kappa shape index (κ1) is 19.2. The fourth-order valence-corrected chi connectivity index (χ4v) is 2.66. The Morgan fingerprint density at radius 2 is 1.93 bits per heavy atom. The predicted molar refractivity (Wildman–Crippen MR) is 108 cm³/mol. The van der Waals surface area contributed by atoms with Crippen molar-refractivity contribution in [1.29, 1.82) is 0 Å². The number of H-pyrrole nitrogens is 1. The summed E-state index contributed by atoms with van der Waals surface area (Å²) in [7, 11) is 3.16. The smallest absolute Gasteiger partial charge is 0.289 e. The summed E-state index contributed by atoms with van der Waals surface area (Å²) in [6, 6.07) is 15.0. The van der Waals surface area contributed by atoms with Crippen molar-refractivity contribution in [2.45, 2.75) is 13.3 Å². The van der Waals surface area contributed by atoms with Crippen LogP contribution in [0.4, 0.5) is 0 Å². The second kappa shape index (κ2) is 8.85. The molecule has 1 amide bonds. The molecule has 0 atom stereocenters. The van der Waals surface area contributed by atoms with E-state index < -0.39 is 0 Å². The summed E-state index contributed by atoms with van der Waals surface area (Å²) in [5.74, 6) is 0.915. The van der Waals surface area contributed by atoms with E-state index >= 15 is 0 Å². The molecule has 1 aromatic heterocycles. The molecule has 0 aliphatic rings. The number of carbonyl (C=O) groups is 1. The zero-order valence-corrected chi connectivity index (χ0v) is 16.0. The normalized spacial score (nSPS) is 10.8. The van der Waals surface area contributed by atoms with Gasteiger partial charge in [0.15, 0.2) is 0 Å². The van der Waals surface area contributed by atoms with E-state index in [0.29, 0.717) is 22.9 Å². The number of benzene rings is 2. The van der Waals surface area contributed by atoms with Crippen molar-refractivity contribution in [1.82, 2.24) is 15.6 Å². The van der Waals surface area contributed by atoms with Crippen LogP contribution >= 0.6 is 0 Å². The fourth-order valence-electron chi connectivity index (χ4n) is 2.66. The molecule has 7 nitrogen and oxygen atoms in total. The predicted octanol–water partition coefficient (Wildman–Crippen LogP) is 3.42. The largest absolute Gasteiger partial charge is 0.497 e. The Hall–Kier alpha value is -3.61. The molecule has 2 aromatic carbocycles. The standard InChI is InChI=1S/C21H22N4O3/c1-4-14-5-7-15(8-6-14)13-22-25-21(26)19-12-18(23-24-19)17-11-16(27-2)9-10-20(17)28-3/h5-13H,4H2,1-3H3,(H,23,24)(H,25,26). The van der Waals surface area contributed by atoms with E-state index in [-0.39, 0.29) is 5.91 Å². The van der Waals surface area contributed by atoms with E-state index in [1.54, 1.807) is 44.7 Å². The van der Waals surface area contributed by atoms with E-state index in [9.17, 15) is 4.79 Å². The molecule has 0 saturated carbocycles. The zero-order chi connectivity index (χ0) is 19.9. The Kier molecular flexibility index (Phi) is 6.06. The minimum absolute atomic E-state index is 0.290. The lowest BCUT2D eigenvalue weighted by Gasteiger charge is -2.08. The number of nitrogens with zero attached hydrogens (tertiary/aromatic N) is 2. The van der Waals surface area contributed by atoms with Gasteiger partial charge in [0, 0.05) is 5.56 Å². The fraction of sp³-hybridized carbons (Fsp3) is 0.190. The van der Waals surface area contributed by atoms with Crippen LogP contribution in [0.15, 0.2) is 53.6 Å². The number of hydrazone groups is 1. The number of carbonyl (C=O) groups excluding carboxylic acids is 1. The second-order valence-electron chi connectivity index (χ2n) is 6.03. The zero-order valence-electron chi connectivity index (χ0n) is 16.0. The number of ether oxygens (including phenoxy) is 2. The highest BCUT2D eigenvalue weighted by Gasteiger charge is 2.14. The summed E-state index contributed by atoms with van der Waals surface area (Å²) >= 11 is 0. The van der Waals surface area contributed by atoms with Gasteiger partial charge in [-0.05, 0) is 41.8 Å². The average Bonchev–Trinajstić information content (AvgIpc) is 3.24. The molecule has 28 heavy (non-hydrogen) atoms. The lowest BCUT2D eigenvalue weighted by atomic mass is 10.1. The summed E-state index contributed by atoms with van der Waals surface area (Å²) in [5, 5.41) is 10.9. The topological polar surface area (TPSA) is 88.6 Å². The van der Waals surface area contributed by atoms with Gasteiger partial charge in [-0.15, -0.1) is 0 Å². The SMILES string of the molecule is CCc1ccc(C=NNC(=O)c2cc(-c3cc(OC)ccc3OC)n[nH]2)cc1. The van der Waals surface area contributed by atoms with Gasteiger partial charge < -0.3 is 9.47 Å². The molecule has 0 spiro atoms. The highest BCUT2D eigenvalue weighted by Crippen LogP contribution is 2.32. The van der Waals surface area contributed by atoms with Crippen LogP contribution < -0.4 is 14.9 Å². The van der Waals surface area contributed by atoms with Crippen LogP contribution in [0.1, 0.15) is 28.5 Å². The van der Waals surface area contributed by atoms with E-state index in [1.807, 2.05) is 24.3 Å². The van der Waals surface area contributed by atoms with Crippen LogP contribution in [0, 0.1) is 0 Å². The number of aromatic amines is 1. The number of amides is 1. The van der Waals surface area contributed by atoms with Crippen LogP contribution in [-0.4, -0.2) is 36.5 Å². The maximum absolute atomic E-state index is 12.3. The lowest BCUT2D eigenvalue weighted by molar-refractivity contribution is 0.0950. The van der Waals surface area contributed by atoms with E-state index in [4.69, 9.17) is 9.47 Å². The third-order valence-electron chi connectivity index (χ3n) is 4.27. The third-order valence-corrected chi connectivity index (χ3v) is 4.27. The molecule has 1 heterocycles. The number of aromatic nitrogens is 2. The van der Waals surface area contributed by atoms with Gasteiger partial charge in [-0.3, -0.25) is 9.89 Å². The van der Waals surface area contributed by atoms with E-state index in [1.165, 1.54) is 5.56 Å². The van der Waals surface area contributed by atoms with Crippen LogP contribution in [0.2, 0.25) is 0 Å². The highest BCUT2D eigenvalue weighted by molar-refractivity contribution is 5.94. The Morgan fingerprint density at radius 3 is 2.61 bits per heavy atom. The number of hydrogen-bond donors (Lipinski definition) is 2. The van der Waals surface area contributed by atoms with Crippen LogP contribution in [0.25, 0.3) is 11.3 Å². The molecule has 2 N–H and O–H groups in total. The van der Waals surface area contributed by atoms with Gasteiger partial charge in [0.25, 0.3) is 5.91 Å². The quantitative estimate of drug-likeness (QED) is 0.487. The van der Waals surface area contributed by atoms with Gasteiger partial charge in [-0.2, -0.15) is 10.2 Å². The average molecular weight is 378 g/mol. The highest BCUT2D eigenvalue weighted by atomic mass is 16.5. The van der Waals surface area contributed by atoms with Crippen molar-refractivity contribution in [3.63, 3.8) is 0 Å². The molecule has 0 saturated heterocycles. The Labute approximate surface area is 163 Å². The minimum atomic E-state index is -0.387. The molecule has 0 fully saturated rings. The molecule has 144 valence electrons. The molecule has 0 radical (unpaired) electrons. The minimum Gasteiger partial charge on any atom is -0.497 e. The number of methoxy groups -OCH3 is 2. The lowest BCUT2D eigenvalue weighted by Crippen LogP contribution is -2.18. The van der Waals surface area contributed by atoms with Gasteiger partial charge in [-0.1, -0.05) is 31.2 Å².